The minimum atomic E-state index is -2.28. The molecule has 101 heavy (non-hydrogen) atoms. The van der Waals surface area contributed by atoms with E-state index in [2.05, 4.69) is 73.6 Å². The molecular formula is C82H132N6O12Si. The summed E-state index contributed by atoms with van der Waals surface area (Å²) in [4.78, 5) is 71.1. The van der Waals surface area contributed by atoms with Gasteiger partial charge in [-0.3, -0.25) is 29.4 Å². The van der Waals surface area contributed by atoms with Crippen LogP contribution in [-0.2, 0) is 33.0 Å². The topological polar surface area (TPSA) is 214 Å². The van der Waals surface area contributed by atoms with Gasteiger partial charge in [0.15, 0.2) is 20.5 Å². The molecule has 19 heteroatoms. The largest absolute Gasteiger partial charge is 0.457 e. The van der Waals surface area contributed by atoms with Crippen molar-refractivity contribution < 1.29 is 57.9 Å². The summed E-state index contributed by atoms with van der Waals surface area (Å²) >= 11 is 0. The molecule has 4 aliphatic heterocycles. The number of carbonyl (C=O) groups excluding carboxylic acids is 4. The van der Waals surface area contributed by atoms with E-state index in [0.717, 1.165) is 48.7 Å². The molecule has 2 amide bonds. The van der Waals surface area contributed by atoms with E-state index in [1.54, 1.807) is 48.2 Å². The van der Waals surface area contributed by atoms with Gasteiger partial charge in [-0.2, -0.15) is 0 Å². The number of amides is 2. The molecule has 2 saturated carbocycles. The second-order valence-corrected chi connectivity index (χ2v) is 36.0. The summed E-state index contributed by atoms with van der Waals surface area (Å²) in [6.07, 6.45) is 33.7. The zero-order valence-electron chi connectivity index (χ0n) is 62.4. The standard InChI is InChI=1S/C43H69N3O6Si.C37H55N3O6.2CH4/c1-32(37-21-14-15-26-44-37)17-16-18-33(2)40-34(3)22-23-38(50-41(48)46-29-27-45(28-30-46)35-19-12-10-11-13-20-35)43(7,49)25-24-36(31-39(47)51-40)52-53(8,9)42(4,5)6;1-27(32-16-9-10-21-38-32)12-11-13-28(2)35-29(3)17-18-33(37(4,44)20-19-31(41)26-34(42)46-35)45-36(43)40-24-22-39(23-25-40)30-14-7-5-6-8-15-30;;/h14-18,21-23,26,32,34-36,38,40,49H,10-13,19-20,24-25,27-31H2,1-9H3;9-13,16-18,21,27,29-31,33,35,41,44H,5-8,14-15,19-20,22-26H2,1-4H3;2*1H4/b17-16+,23-22+,33-18+;12-11+,18-17+,28-13+;;/t32-,34+,36-,38+,40-,43-;27-,29+,31-,33+,35-,37-;;/m11../s1. The van der Waals surface area contributed by atoms with Gasteiger partial charge in [0.05, 0.1) is 25.0 Å². The van der Waals surface area contributed by atoms with Crippen LogP contribution in [0.1, 0.15) is 230 Å². The first-order valence-electron chi connectivity index (χ1n) is 37.5. The summed E-state index contributed by atoms with van der Waals surface area (Å²) < 4.78 is 31.1. The number of ether oxygens (including phenoxy) is 4. The normalized spacial score (nSPS) is 29.7. The number of aliphatic hydroxyl groups excluding tert-OH is 1. The highest BCUT2D eigenvalue weighted by Crippen LogP contribution is 2.40. The first-order valence-corrected chi connectivity index (χ1v) is 40.4. The zero-order valence-corrected chi connectivity index (χ0v) is 63.4. The Morgan fingerprint density at radius 1 is 0.594 bits per heavy atom. The number of aromatic nitrogens is 2. The van der Waals surface area contributed by atoms with Gasteiger partial charge < -0.3 is 48.5 Å². The monoisotopic (exact) mass is 1420 g/mol. The summed E-state index contributed by atoms with van der Waals surface area (Å²) in [5.41, 5.74) is 0.811. The molecule has 0 bridgehead atoms. The Labute approximate surface area is 609 Å². The molecule has 8 rings (SSSR count). The molecule has 0 unspecified atom stereocenters. The van der Waals surface area contributed by atoms with Crippen molar-refractivity contribution in [2.45, 2.75) is 296 Å². The van der Waals surface area contributed by atoms with Crippen LogP contribution in [0, 0.1) is 11.8 Å². The van der Waals surface area contributed by atoms with Crippen LogP contribution in [0.25, 0.3) is 0 Å². The van der Waals surface area contributed by atoms with Crippen molar-refractivity contribution >= 4 is 32.4 Å². The fourth-order valence-corrected chi connectivity index (χ4v) is 15.5. The van der Waals surface area contributed by atoms with Crippen molar-refractivity contribution in [1.29, 1.82) is 0 Å². The van der Waals surface area contributed by atoms with Crippen LogP contribution in [0.4, 0.5) is 9.59 Å². The number of carbonyl (C=O) groups is 4. The van der Waals surface area contributed by atoms with Crippen molar-refractivity contribution in [2.24, 2.45) is 11.8 Å². The van der Waals surface area contributed by atoms with Crippen LogP contribution < -0.4 is 0 Å². The summed E-state index contributed by atoms with van der Waals surface area (Å²) in [6, 6.07) is 12.9. The highest BCUT2D eigenvalue weighted by molar-refractivity contribution is 6.74. The number of hydrogen-bond donors (Lipinski definition) is 3. The predicted octanol–water partition coefficient (Wildman–Crippen LogP) is 16.2. The molecule has 4 fully saturated rings. The third-order valence-corrected chi connectivity index (χ3v) is 26.4. The van der Waals surface area contributed by atoms with E-state index in [1.165, 1.54) is 77.0 Å². The van der Waals surface area contributed by atoms with Crippen molar-refractivity contribution in [3.05, 3.63) is 132 Å². The number of hydrogen-bond acceptors (Lipinski definition) is 16. The van der Waals surface area contributed by atoms with E-state index in [1.807, 2.05) is 107 Å². The molecule has 2 aromatic heterocycles. The molecule has 6 aliphatic rings. The smallest absolute Gasteiger partial charge is 0.410 e. The van der Waals surface area contributed by atoms with Crippen LogP contribution in [-0.4, -0.2) is 190 Å². The van der Waals surface area contributed by atoms with Crippen LogP contribution in [0.3, 0.4) is 0 Å². The first-order chi connectivity index (χ1) is 47.0. The summed E-state index contributed by atoms with van der Waals surface area (Å²) in [7, 11) is -2.28. The summed E-state index contributed by atoms with van der Waals surface area (Å²) in [5, 5.41) is 34.1. The Morgan fingerprint density at radius 2 is 0.980 bits per heavy atom. The fraction of sp³-hybridized carbons (Fsp3) is 0.683. The highest BCUT2D eigenvalue weighted by Gasteiger charge is 2.43. The maximum Gasteiger partial charge on any atom is 0.410 e. The average Bonchev–Trinajstić information content (AvgIpc) is 1.91. The van der Waals surface area contributed by atoms with Crippen molar-refractivity contribution in [1.82, 2.24) is 29.6 Å². The lowest BCUT2D eigenvalue weighted by Gasteiger charge is -2.41. The fourth-order valence-electron chi connectivity index (χ4n) is 14.2. The Bertz CT molecular complexity index is 3000. The highest BCUT2D eigenvalue weighted by atomic mass is 28.4. The number of aliphatic hydroxyl groups is 3. The van der Waals surface area contributed by atoms with Gasteiger partial charge in [-0.25, -0.2) is 9.59 Å². The van der Waals surface area contributed by atoms with E-state index in [4.69, 9.17) is 23.4 Å². The van der Waals surface area contributed by atoms with E-state index in [0.29, 0.717) is 44.7 Å². The number of nitrogens with zero attached hydrogens (tertiary/aromatic N) is 6. The van der Waals surface area contributed by atoms with Gasteiger partial charge in [0.25, 0.3) is 0 Å². The molecule has 0 radical (unpaired) electrons. The van der Waals surface area contributed by atoms with Gasteiger partial charge in [-0.15, -0.1) is 0 Å². The number of rotatable bonds is 14. The quantitative estimate of drug-likeness (QED) is 0.0400. The molecule has 3 N–H and O–H groups in total. The molecule has 0 spiro atoms. The van der Waals surface area contributed by atoms with Gasteiger partial charge in [0, 0.05) is 112 Å². The molecule has 2 aromatic rings. The lowest BCUT2D eigenvalue weighted by Crippen LogP contribution is -2.53. The Balaban J connectivity index is 0.000000360. The van der Waals surface area contributed by atoms with Crippen molar-refractivity contribution in [3.63, 3.8) is 0 Å². The molecular weight excluding hydrogens is 1290 g/mol. The SMILES string of the molecule is C.C.C/C(=C\C=C\[C@@H](C)c1ccccn1)[C@H]1OC(=O)C[C@H](O)CC[C@@](C)(O)[C@@H](OC(=O)N2CCN(C3CCCCCC3)CC2)/C=C/[C@@H]1C.C/C(=C\C=C\[C@@H](C)c1ccccn1)[C@H]1OC(=O)C[C@H](O[Si](C)(C)C(C)(C)C)CC[C@@](C)(O)[C@@H](OC(=O)N2CCN(C3CCCCCC3)CC2)/C=C/[C@@H]1C. The summed E-state index contributed by atoms with van der Waals surface area (Å²) in [5.74, 6) is -1.17. The van der Waals surface area contributed by atoms with Crippen LogP contribution in [0.2, 0.25) is 18.1 Å². The molecule has 18 nitrogen and oxygen atoms in total. The van der Waals surface area contributed by atoms with Crippen molar-refractivity contribution in [2.75, 3.05) is 52.4 Å². The summed E-state index contributed by atoms with van der Waals surface area (Å²) in [6.45, 7) is 31.9. The van der Waals surface area contributed by atoms with Crippen molar-refractivity contribution in [3.8, 4) is 0 Å². The van der Waals surface area contributed by atoms with Gasteiger partial charge >= 0.3 is 24.1 Å². The molecule has 12 atom stereocenters. The molecule has 6 heterocycles. The van der Waals surface area contributed by atoms with Crippen LogP contribution in [0.15, 0.2) is 121 Å². The maximum absolute atomic E-state index is 13.7. The van der Waals surface area contributed by atoms with Gasteiger partial charge in [0.2, 0.25) is 0 Å². The number of piperazine rings is 2. The zero-order chi connectivity index (χ0) is 71.9. The Morgan fingerprint density at radius 3 is 1.36 bits per heavy atom. The minimum absolute atomic E-state index is 0. The number of cyclic esters (lactones) is 2. The van der Waals surface area contributed by atoms with Gasteiger partial charge in [0.1, 0.15) is 23.4 Å². The second kappa shape index (κ2) is 41.0. The Kier molecular flexibility index (Phi) is 34.9. The lowest BCUT2D eigenvalue weighted by molar-refractivity contribution is -0.152. The molecule has 2 saturated heterocycles. The predicted molar refractivity (Wildman–Crippen MR) is 408 cm³/mol. The first kappa shape index (κ1) is 85.8. The van der Waals surface area contributed by atoms with E-state index in [-0.39, 0.29) is 81.6 Å². The van der Waals surface area contributed by atoms with E-state index in [9.17, 15) is 34.5 Å². The third-order valence-electron chi connectivity index (χ3n) is 21.9. The van der Waals surface area contributed by atoms with Crippen LogP contribution >= 0.6 is 0 Å². The molecule has 2 aliphatic carbocycles. The van der Waals surface area contributed by atoms with E-state index >= 15 is 0 Å². The number of allylic oxidation sites excluding steroid dienone is 6. The maximum atomic E-state index is 13.7. The Hall–Kier alpha value is -5.80. The average molecular weight is 1420 g/mol. The minimum Gasteiger partial charge on any atom is -0.457 e. The lowest BCUT2D eigenvalue weighted by atomic mass is 9.88. The molecule has 566 valence electrons. The van der Waals surface area contributed by atoms with Gasteiger partial charge in [-0.1, -0.05) is 175 Å². The van der Waals surface area contributed by atoms with Gasteiger partial charge in [-0.05, 0) is 145 Å². The number of pyridine rings is 2. The third kappa shape index (κ3) is 27.0. The second-order valence-electron chi connectivity index (χ2n) is 31.3. The number of esters is 2. The van der Waals surface area contributed by atoms with Crippen LogP contribution in [0.5, 0.6) is 0 Å². The molecule has 0 aromatic carbocycles. The van der Waals surface area contributed by atoms with E-state index < -0.39 is 74.3 Å².